The normalized spacial score (nSPS) is 21.4. The fourth-order valence-corrected chi connectivity index (χ4v) is 2.77. The molecule has 0 bridgehead atoms. The summed E-state index contributed by atoms with van der Waals surface area (Å²) < 4.78 is 16.2. The number of methoxy groups -OCH3 is 1. The van der Waals surface area contributed by atoms with Crippen molar-refractivity contribution in [1.29, 1.82) is 0 Å². The zero-order chi connectivity index (χ0) is 13.2. The summed E-state index contributed by atoms with van der Waals surface area (Å²) in [6, 6.07) is 4.35. The van der Waals surface area contributed by atoms with Crippen LogP contribution in [-0.2, 0) is 6.54 Å². The molecule has 2 aliphatic heterocycles. The predicted molar refractivity (Wildman–Crippen MR) is 78.9 cm³/mol. The third-order valence-corrected chi connectivity index (χ3v) is 3.67. The summed E-state index contributed by atoms with van der Waals surface area (Å²) in [5.41, 5.74) is 7.19. The van der Waals surface area contributed by atoms with Gasteiger partial charge in [0.1, 0.15) is 0 Å². The van der Waals surface area contributed by atoms with E-state index in [1.807, 2.05) is 12.1 Å². The second kappa shape index (κ2) is 6.52. The number of nitrogens with zero attached hydrogens (tertiary/aromatic N) is 1. The van der Waals surface area contributed by atoms with Crippen molar-refractivity contribution < 1.29 is 14.2 Å². The molecule has 0 aliphatic carbocycles. The van der Waals surface area contributed by atoms with Crippen molar-refractivity contribution in [2.24, 2.45) is 5.73 Å². The highest BCUT2D eigenvalue weighted by Gasteiger charge is 2.22. The summed E-state index contributed by atoms with van der Waals surface area (Å²) in [4.78, 5) is 2.38. The number of hydrogen-bond donors (Lipinski definition) is 1. The summed E-state index contributed by atoms with van der Waals surface area (Å²) in [7, 11) is 1.65. The van der Waals surface area contributed by atoms with Crippen LogP contribution in [0.25, 0.3) is 0 Å². The number of nitrogens with two attached hydrogens (primary N) is 1. The van der Waals surface area contributed by atoms with Crippen LogP contribution in [-0.4, -0.2) is 37.9 Å². The third-order valence-electron chi connectivity index (χ3n) is 3.67. The summed E-state index contributed by atoms with van der Waals surface area (Å²) in [5.74, 6) is 2.23. The van der Waals surface area contributed by atoms with E-state index in [0.717, 1.165) is 37.6 Å². The number of hydrogen-bond acceptors (Lipinski definition) is 5. The van der Waals surface area contributed by atoms with Gasteiger partial charge in [-0.3, -0.25) is 4.90 Å². The second-order valence-electron chi connectivity index (χ2n) is 5.17. The summed E-state index contributed by atoms with van der Waals surface area (Å²) in [5, 5.41) is 0. The molecule has 2 aliphatic rings. The summed E-state index contributed by atoms with van der Waals surface area (Å²) >= 11 is 0. The average molecular weight is 301 g/mol. The van der Waals surface area contributed by atoms with Gasteiger partial charge in [-0.25, -0.2) is 0 Å². The Kier molecular flexibility index (Phi) is 4.96. The first-order valence-electron chi connectivity index (χ1n) is 6.70. The lowest BCUT2D eigenvalue weighted by molar-refractivity contribution is 0.171. The van der Waals surface area contributed by atoms with Gasteiger partial charge in [0.25, 0.3) is 0 Å². The minimum atomic E-state index is 0. The first-order valence-corrected chi connectivity index (χ1v) is 6.70. The second-order valence-corrected chi connectivity index (χ2v) is 5.17. The van der Waals surface area contributed by atoms with E-state index in [4.69, 9.17) is 19.9 Å². The van der Waals surface area contributed by atoms with Crippen LogP contribution in [0.15, 0.2) is 12.1 Å². The van der Waals surface area contributed by atoms with Crippen molar-refractivity contribution in [1.82, 2.24) is 4.90 Å². The molecule has 0 saturated carbocycles. The quantitative estimate of drug-likeness (QED) is 0.922. The van der Waals surface area contributed by atoms with Gasteiger partial charge >= 0.3 is 0 Å². The number of likely N-dealkylation sites (tertiary alicyclic amines) is 1. The van der Waals surface area contributed by atoms with Crippen molar-refractivity contribution in [3.05, 3.63) is 17.7 Å². The number of benzene rings is 1. The molecule has 0 radical (unpaired) electrons. The van der Waals surface area contributed by atoms with Gasteiger partial charge in [-0.2, -0.15) is 0 Å². The Balaban J connectivity index is 0.00000147. The maximum absolute atomic E-state index is 6.01. The van der Waals surface area contributed by atoms with Crippen molar-refractivity contribution >= 4 is 12.4 Å². The molecule has 1 aromatic rings. The molecular weight excluding hydrogens is 280 g/mol. The van der Waals surface area contributed by atoms with Crippen LogP contribution in [0.5, 0.6) is 17.2 Å². The largest absolute Gasteiger partial charge is 0.493 e. The van der Waals surface area contributed by atoms with Crippen molar-refractivity contribution in [2.45, 2.75) is 25.4 Å². The number of halogens is 1. The first-order chi connectivity index (χ1) is 9.26. The molecule has 5 nitrogen and oxygen atoms in total. The van der Waals surface area contributed by atoms with Gasteiger partial charge in [-0.1, -0.05) is 0 Å². The highest BCUT2D eigenvalue weighted by molar-refractivity contribution is 5.85. The van der Waals surface area contributed by atoms with E-state index in [1.54, 1.807) is 7.11 Å². The molecule has 1 saturated heterocycles. The average Bonchev–Trinajstić information content (AvgIpc) is 2.86. The molecule has 1 unspecified atom stereocenters. The van der Waals surface area contributed by atoms with Crippen LogP contribution >= 0.6 is 12.4 Å². The predicted octanol–water partition coefficient (Wildman–Crippen LogP) is 1.77. The molecule has 20 heavy (non-hydrogen) atoms. The molecule has 6 heteroatoms. The third kappa shape index (κ3) is 3.11. The van der Waals surface area contributed by atoms with E-state index >= 15 is 0 Å². The lowest BCUT2D eigenvalue weighted by Gasteiger charge is -2.30. The molecule has 0 spiro atoms. The van der Waals surface area contributed by atoms with Gasteiger partial charge in [0.05, 0.1) is 7.11 Å². The lowest BCUT2D eigenvalue weighted by Crippen LogP contribution is -2.42. The minimum Gasteiger partial charge on any atom is -0.493 e. The molecule has 2 heterocycles. The first kappa shape index (κ1) is 15.2. The molecule has 1 atom stereocenters. The van der Waals surface area contributed by atoms with Crippen molar-refractivity contribution in [3.8, 4) is 17.2 Å². The number of ether oxygens (including phenoxy) is 3. The van der Waals surface area contributed by atoms with E-state index in [1.165, 1.54) is 12.0 Å². The summed E-state index contributed by atoms with van der Waals surface area (Å²) in [6.07, 6.45) is 2.30. The fraction of sp³-hybridized carbons (Fsp3) is 0.571. The SMILES string of the molecule is COc1cc(CN2CCCC(N)C2)cc2c1OCO2.Cl. The molecule has 2 N–H and O–H groups in total. The standard InChI is InChI=1S/C14H20N2O3.ClH/c1-17-12-5-10(6-13-14(12)19-9-18-13)7-16-4-2-3-11(15)8-16;/h5-6,11H,2-4,7-9,15H2,1H3;1H. The van der Waals surface area contributed by atoms with Gasteiger partial charge in [0.15, 0.2) is 11.5 Å². The van der Waals surface area contributed by atoms with E-state index in [9.17, 15) is 0 Å². The smallest absolute Gasteiger partial charge is 0.231 e. The Morgan fingerprint density at radius 1 is 1.40 bits per heavy atom. The van der Waals surface area contributed by atoms with Crippen molar-refractivity contribution in [3.63, 3.8) is 0 Å². The molecule has 1 fully saturated rings. The Morgan fingerprint density at radius 3 is 3.00 bits per heavy atom. The van der Waals surface area contributed by atoms with Gasteiger partial charge < -0.3 is 19.9 Å². The zero-order valence-corrected chi connectivity index (χ0v) is 12.4. The minimum absolute atomic E-state index is 0. The molecule has 3 rings (SSSR count). The van der Waals surface area contributed by atoms with Crippen LogP contribution in [0.4, 0.5) is 0 Å². The van der Waals surface area contributed by atoms with Crippen LogP contribution in [0.2, 0.25) is 0 Å². The van der Waals surface area contributed by atoms with E-state index < -0.39 is 0 Å². The van der Waals surface area contributed by atoms with E-state index in [0.29, 0.717) is 11.8 Å². The van der Waals surface area contributed by atoms with E-state index in [2.05, 4.69) is 4.90 Å². The lowest BCUT2D eigenvalue weighted by atomic mass is 10.1. The van der Waals surface area contributed by atoms with Gasteiger partial charge in [-0.15, -0.1) is 12.4 Å². The van der Waals surface area contributed by atoms with Crippen LogP contribution < -0.4 is 19.9 Å². The van der Waals surface area contributed by atoms with Crippen LogP contribution in [0, 0.1) is 0 Å². The van der Waals surface area contributed by atoms with E-state index in [-0.39, 0.29) is 19.2 Å². The summed E-state index contributed by atoms with van der Waals surface area (Å²) in [6.45, 7) is 3.20. The Bertz CT molecular complexity index is 470. The molecule has 1 aromatic carbocycles. The highest BCUT2D eigenvalue weighted by atomic mass is 35.5. The Labute approximate surface area is 125 Å². The highest BCUT2D eigenvalue weighted by Crippen LogP contribution is 2.42. The number of fused-ring (bicyclic) bond motifs is 1. The van der Waals surface area contributed by atoms with Crippen LogP contribution in [0.3, 0.4) is 0 Å². The number of piperidine rings is 1. The molecular formula is C14H21ClN2O3. The van der Waals surface area contributed by atoms with Gasteiger partial charge in [0, 0.05) is 19.1 Å². The maximum atomic E-state index is 6.01. The molecule has 0 aromatic heterocycles. The fourth-order valence-electron chi connectivity index (χ4n) is 2.77. The topological polar surface area (TPSA) is 57.0 Å². The molecule has 0 amide bonds. The number of rotatable bonds is 3. The monoisotopic (exact) mass is 300 g/mol. The Morgan fingerprint density at radius 2 is 2.25 bits per heavy atom. The van der Waals surface area contributed by atoms with Crippen LogP contribution in [0.1, 0.15) is 18.4 Å². The maximum Gasteiger partial charge on any atom is 0.231 e. The zero-order valence-electron chi connectivity index (χ0n) is 11.6. The van der Waals surface area contributed by atoms with Gasteiger partial charge in [-0.05, 0) is 37.1 Å². The van der Waals surface area contributed by atoms with Gasteiger partial charge in [0.2, 0.25) is 12.5 Å². The Hall–Kier alpha value is -1.17. The molecule has 112 valence electrons. The van der Waals surface area contributed by atoms with Crippen molar-refractivity contribution in [2.75, 3.05) is 27.0 Å².